The lowest BCUT2D eigenvalue weighted by Crippen LogP contribution is -2.52. The number of imidazole rings is 1. The van der Waals surface area contributed by atoms with E-state index in [1.807, 2.05) is 49.5 Å². The van der Waals surface area contributed by atoms with Gasteiger partial charge in [-0.1, -0.05) is 23.4 Å². The van der Waals surface area contributed by atoms with E-state index in [4.69, 9.17) is 9.51 Å². The number of pyridine rings is 1. The van der Waals surface area contributed by atoms with Crippen LogP contribution in [0.1, 0.15) is 40.7 Å². The molecule has 1 saturated heterocycles. The molecule has 9 heteroatoms. The van der Waals surface area contributed by atoms with Crippen molar-refractivity contribution in [1.29, 1.82) is 0 Å². The number of nitrogens with one attached hydrogen (secondary N) is 1. The standard InChI is InChI=1S/C26H29N7O2/c1-17-6-7-18(15-21(17)28-25(34)22-16-27-23-5-3-4-8-33(22)23)24-29-26(35-30-24)19-13-20(14-19)32-11-9-31(2)10-12-32/h3-8,15-16,19-20H,9-14H2,1-2H3,(H,28,34)/t19-,20+. The van der Waals surface area contributed by atoms with Crippen molar-refractivity contribution >= 4 is 17.2 Å². The first-order valence-electron chi connectivity index (χ1n) is 12.2. The van der Waals surface area contributed by atoms with Gasteiger partial charge in [0.1, 0.15) is 11.3 Å². The molecule has 0 spiro atoms. The van der Waals surface area contributed by atoms with E-state index >= 15 is 0 Å². The molecule has 1 N–H and O–H groups in total. The molecule has 6 rings (SSSR count). The van der Waals surface area contributed by atoms with E-state index in [0.29, 0.717) is 35.1 Å². The molecule has 1 amide bonds. The molecule has 180 valence electrons. The van der Waals surface area contributed by atoms with Gasteiger partial charge in [0.05, 0.1) is 6.20 Å². The van der Waals surface area contributed by atoms with Crippen molar-refractivity contribution in [3.05, 3.63) is 65.9 Å². The maximum Gasteiger partial charge on any atom is 0.274 e. The minimum Gasteiger partial charge on any atom is -0.339 e. The number of likely N-dealkylation sites (N-methyl/N-ethyl adjacent to an activating group) is 1. The van der Waals surface area contributed by atoms with Crippen LogP contribution in [0.3, 0.4) is 0 Å². The quantitative estimate of drug-likeness (QED) is 0.477. The van der Waals surface area contributed by atoms with Gasteiger partial charge >= 0.3 is 0 Å². The van der Waals surface area contributed by atoms with Crippen LogP contribution in [-0.4, -0.2) is 74.5 Å². The number of carbonyl (C=O) groups is 1. The number of rotatable bonds is 5. The maximum atomic E-state index is 13.0. The number of carbonyl (C=O) groups excluding carboxylic acids is 1. The second kappa shape index (κ2) is 8.90. The number of piperazine rings is 1. The predicted molar refractivity (Wildman–Crippen MR) is 132 cm³/mol. The van der Waals surface area contributed by atoms with Crippen molar-refractivity contribution in [2.75, 3.05) is 38.5 Å². The summed E-state index contributed by atoms with van der Waals surface area (Å²) in [4.78, 5) is 27.0. The van der Waals surface area contributed by atoms with Gasteiger partial charge in [0.2, 0.25) is 11.7 Å². The van der Waals surface area contributed by atoms with Crippen LogP contribution in [0.4, 0.5) is 5.69 Å². The second-order valence-corrected chi connectivity index (χ2v) is 9.67. The molecule has 3 aromatic heterocycles. The number of amides is 1. The maximum absolute atomic E-state index is 13.0. The zero-order valence-corrected chi connectivity index (χ0v) is 20.0. The molecule has 1 aliphatic carbocycles. The molecule has 1 aromatic carbocycles. The number of anilines is 1. The molecule has 9 nitrogen and oxygen atoms in total. The lowest BCUT2D eigenvalue weighted by molar-refractivity contribution is 0.0532. The van der Waals surface area contributed by atoms with Gasteiger partial charge in [-0.15, -0.1) is 0 Å². The predicted octanol–water partition coefficient (Wildman–Crippen LogP) is 3.44. The number of hydrogen-bond acceptors (Lipinski definition) is 7. The highest BCUT2D eigenvalue weighted by Gasteiger charge is 2.38. The van der Waals surface area contributed by atoms with E-state index in [0.717, 1.165) is 55.8 Å². The van der Waals surface area contributed by atoms with Crippen LogP contribution >= 0.6 is 0 Å². The Morgan fingerprint density at radius 2 is 1.94 bits per heavy atom. The number of aromatic nitrogens is 4. The smallest absolute Gasteiger partial charge is 0.274 e. The summed E-state index contributed by atoms with van der Waals surface area (Å²) < 4.78 is 7.42. The Balaban J connectivity index is 1.14. The monoisotopic (exact) mass is 471 g/mol. The van der Waals surface area contributed by atoms with Gasteiger partial charge in [0.15, 0.2) is 0 Å². The number of fused-ring (bicyclic) bond motifs is 1. The van der Waals surface area contributed by atoms with Gasteiger partial charge in [0.25, 0.3) is 5.91 Å². The molecular weight excluding hydrogens is 442 g/mol. The van der Waals surface area contributed by atoms with Gasteiger partial charge in [-0.05, 0) is 50.6 Å². The summed E-state index contributed by atoms with van der Waals surface area (Å²) in [6.07, 6.45) is 5.55. The van der Waals surface area contributed by atoms with Crippen LogP contribution in [0.2, 0.25) is 0 Å². The van der Waals surface area contributed by atoms with Gasteiger partial charge in [0, 0.05) is 55.6 Å². The number of nitrogens with zero attached hydrogens (tertiary/aromatic N) is 6. The fraction of sp³-hybridized carbons (Fsp3) is 0.385. The van der Waals surface area contributed by atoms with Gasteiger partial charge < -0.3 is 14.7 Å². The molecule has 1 saturated carbocycles. The summed E-state index contributed by atoms with van der Waals surface area (Å²) in [6.45, 7) is 6.50. The summed E-state index contributed by atoms with van der Waals surface area (Å²) in [5.74, 6) is 1.36. The summed E-state index contributed by atoms with van der Waals surface area (Å²) in [5.41, 5.74) is 3.69. The highest BCUT2D eigenvalue weighted by Crippen LogP contribution is 2.40. The number of benzene rings is 1. The highest BCUT2D eigenvalue weighted by atomic mass is 16.5. The molecule has 35 heavy (non-hydrogen) atoms. The van der Waals surface area contributed by atoms with Crippen LogP contribution in [0.25, 0.3) is 17.0 Å². The lowest BCUT2D eigenvalue weighted by atomic mass is 9.79. The molecule has 2 aliphatic rings. The minimum atomic E-state index is -0.220. The van der Waals surface area contributed by atoms with E-state index in [9.17, 15) is 4.79 Å². The van der Waals surface area contributed by atoms with Crippen LogP contribution in [0.5, 0.6) is 0 Å². The Morgan fingerprint density at radius 3 is 2.77 bits per heavy atom. The first kappa shape index (κ1) is 21.9. The molecule has 0 unspecified atom stereocenters. The Hall–Kier alpha value is -3.56. The average molecular weight is 472 g/mol. The first-order valence-corrected chi connectivity index (χ1v) is 12.2. The topological polar surface area (TPSA) is 91.8 Å². The fourth-order valence-corrected chi connectivity index (χ4v) is 4.98. The van der Waals surface area contributed by atoms with Crippen molar-refractivity contribution < 1.29 is 9.32 Å². The van der Waals surface area contributed by atoms with Gasteiger partial charge in [-0.25, -0.2) is 4.98 Å². The molecule has 0 radical (unpaired) electrons. The molecule has 0 bridgehead atoms. The first-order chi connectivity index (χ1) is 17.0. The van der Waals surface area contributed by atoms with Crippen molar-refractivity contribution in [3.8, 4) is 11.4 Å². The largest absolute Gasteiger partial charge is 0.339 e. The van der Waals surface area contributed by atoms with Crippen LogP contribution < -0.4 is 5.32 Å². The SMILES string of the molecule is Cc1ccc(-c2noc([C@H]3C[C@@H](N4CCN(C)CC4)C3)n2)cc1NC(=O)c1cnc2ccccn12. The third-order valence-electron chi connectivity index (χ3n) is 7.35. The molecular formula is C26H29N7O2. The van der Waals surface area contributed by atoms with E-state index in [-0.39, 0.29) is 5.91 Å². The van der Waals surface area contributed by atoms with Crippen molar-refractivity contribution in [3.63, 3.8) is 0 Å². The average Bonchev–Trinajstić information content (AvgIpc) is 3.48. The summed E-state index contributed by atoms with van der Waals surface area (Å²) in [5, 5.41) is 7.26. The minimum absolute atomic E-state index is 0.220. The molecule has 4 heterocycles. The summed E-state index contributed by atoms with van der Waals surface area (Å²) >= 11 is 0. The molecule has 1 aliphatic heterocycles. The van der Waals surface area contributed by atoms with Crippen LogP contribution in [0, 0.1) is 6.92 Å². The zero-order valence-electron chi connectivity index (χ0n) is 20.0. The van der Waals surface area contributed by atoms with Crippen molar-refractivity contribution in [2.24, 2.45) is 0 Å². The Morgan fingerprint density at radius 1 is 1.11 bits per heavy atom. The highest BCUT2D eigenvalue weighted by molar-refractivity contribution is 6.04. The fourth-order valence-electron chi connectivity index (χ4n) is 4.98. The molecule has 0 atom stereocenters. The van der Waals surface area contributed by atoms with Crippen molar-refractivity contribution in [2.45, 2.75) is 31.7 Å². The van der Waals surface area contributed by atoms with E-state index in [1.165, 1.54) is 0 Å². The van der Waals surface area contributed by atoms with Crippen LogP contribution in [0.15, 0.2) is 53.3 Å². The second-order valence-electron chi connectivity index (χ2n) is 9.67. The summed E-state index contributed by atoms with van der Waals surface area (Å²) in [6, 6.07) is 12.1. The van der Waals surface area contributed by atoms with Crippen LogP contribution in [-0.2, 0) is 0 Å². The molecule has 2 fully saturated rings. The van der Waals surface area contributed by atoms with E-state index in [1.54, 1.807) is 10.6 Å². The summed E-state index contributed by atoms with van der Waals surface area (Å²) in [7, 11) is 2.18. The Bertz CT molecular complexity index is 1360. The van der Waals surface area contributed by atoms with Gasteiger partial charge in [-0.3, -0.25) is 14.1 Å². The zero-order chi connectivity index (χ0) is 23.9. The van der Waals surface area contributed by atoms with Gasteiger partial charge in [-0.2, -0.15) is 4.98 Å². The molecule has 4 aromatic rings. The normalized spacial score (nSPS) is 21.2. The van der Waals surface area contributed by atoms with E-state index < -0.39 is 0 Å². The third kappa shape index (κ3) is 4.21. The lowest BCUT2D eigenvalue weighted by Gasteiger charge is -2.44. The third-order valence-corrected chi connectivity index (χ3v) is 7.35. The van der Waals surface area contributed by atoms with Crippen molar-refractivity contribution in [1.82, 2.24) is 29.3 Å². The number of aryl methyl sites for hydroxylation is 1. The number of hydrogen-bond donors (Lipinski definition) is 1. The van der Waals surface area contributed by atoms with E-state index in [2.05, 4.69) is 32.3 Å². The Labute approximate surface area is 203 Å². The Kier molecular flexibility index (Phi) is 5.58.